The topological polar surface area (TPSA) is 111 Å². The van der Waals surface area contributed by atoms with Gasteiger partial charge in [-0.05, 0) is 6.42 Å². The molecule has 3 amide bonds. The van der Waals surface area contributed by atoms with E-state index >= 15 is 0 Å². The fourth-order valence-electron chi connectivity index (χ4n) is 0.768. The fourth-order valence-corrected chi connectivity index (χ4v) is 0.768. The normalized spacial score (nSPS) is 8.75. The molecule has 0 rings (SSSR count). The van der Waals surface area contributed by atoms with Crippen molar-refractivity contribution < 1.29 is 14.4 Å². The van der Waals surface area contributed by atoms with Gasteiger partial charge in [-0.3, -0.25) is 14.4 Å². The third-order valence-electron chi connectivity index (χ3n) is 1.52. The van der Waals surface area contributed by atoms with Crippen LogP contribution in [0.2, 0.25) is 0 Å². The van der Waals surface area contributed by atoms with Gasteiger partial charge in [0.15, 0.2) is 0 Å². The van der Waals surface area contributed by atoms with E-state index < -0.39 is 11.8 Å². The molecule has 0 aromatic heterocycles. The highest BCUT2D eigenvalue weighted by molar-refractivity contribution is 6.35. The number of carbonyl (C=O) groups excluding carboxylic acids is 3. The summed E-state index contributed by atoms with van der Waals surface area (Å²) in [6.45, 7) is 1.93. The second-order valence-corrected chi connectivity index (χ2v) is 2.87. The fraction of sp³-hybridized carbons (Fsp3) is 0.556. The first-order valence-corrected chi connectivity index (χ1v) is 4.81. The maximum atomic E-state index is 11.0. The smallest absolute Gasteiger partial charge is 0.310 e. The molecule has 0 spiro atoms. The van der Waals surface area contributed by atoms with E-state index in [2.05, 4.69) is 16.0 Å². The van der Waals surface area contributed by atoms with Crippen LogP contribution < -0.4 is 16.0 Å². The van der Waals surface area contributed by atoms with Gasteiger partial charge in [0.2, 0.25) is 5.91 Å². The van der Waals surface area contributed by atoms with Crippen molar-refractivity contribution in [2.24, 2.45) is 0 Å². The van der Waals surface area contributed by atoms with Crippen LogP contribution in [-0.2, 0) is 14.4 Å². The zero-order valence-electron chi connectivity index (χ0n) is 9.00. The second-order valence-electron chi connectivity index (χ2n) is 2.87. The van der Waals surface area contributed by atoms with E-state index in [1.807, 2.05) is 6.92 Å². The van der Waals surface area contributed by atoms with Gasteiger partial charge in [-0.2, -0.15) is 5.26 Å². The van der Waals surface area contributed by atoms with Crippen molar-refractivity contribution in [1.82, 2.24) is 16.0 Å². The number of nitrogens with zero attached hydrogens (tertiary/aromatic N) is 1. The lowest BCUT2D eigenvalue weighted by Crippen LogP contribution is -2.44. The van der Waals surface area contributed by atoms with Gasteiger partial charge >= 0.3 is 11.8 Å². The molecule has 0 bridgehead atoms. The van der Waals surface area contributed by atoms with Gasteiger partial charge in [-0.25, -0.2) is 0 Å². The van der Waals surface area contributed by atoms with Crippen LogP contribution in [0.5, 0.6) is 0 Å². The summed E-state index contributed by atoms with van der Waals surface area (Å²) in [6.07, 6.45) is 0.794. The summed E-state index contributed by atoms with van der Waals surface area (Å²) in [4.78, 5) is 33.0. The van der Waals surface area contributed by atoms with E-state index in [4.69, 9.17) is 5.26 Å². The average molecular weight is 226 g/mol. The minimum absolute atomic E-state index is 0.242. The van der Waals surface area contributed by atoms with Crippen molar-refractivity contribution in [3.63, 3.8) is 0 Å². The lowest BCUT2D eigenvalue weighted by molar-refractivity contribution is -0.139. The molecule has 0 atom stereocenters. The molecule has 0 aliphatic carbocycles. The van der Waals surface area contributed by atoms with Crippen LogP contribution in [0.25, 0.3) is 0 Å². The lowest BCUT2D eigenvalue weighted by atomic mass is 10.4. The van der Waals surface area contributed by atoms with Gasteiger partial charge in [0.1, 0.15) is 6.54 Å². The van der Waals surface area contributed by atoms with E-state index in [0.717, 1.165) is 6.42 Å². The first kappa shape index (κ1) is 13.9. The summed E-state index contributed by atoms with van der Waals surface area (Å²) in [5, 5.41) is 14.9. The second kappa shape index (κ2) is 8.23. The average Bonchev–Trinajstić information content (AvgIpc) is 2.30. The molecule has 0 fully saturated rings. The first-order valence-electron chi connectivity index (χ1n) is 4.81. The Hall–Kier alpha value is -2.10. The summed E-state index contributed by atoms with van der Waals surface area (Å²) in [6, 6.07) is 1.66. The highest BCUT2D eigenvalue weighted by Crippen LogP contribution is 1.72. The van der Waals surface area contributed by atoms with Crippen molar-refractivity contribution in [2.45, 2.75) is 13.3 Å². The van der Waals surface area contributed by atoms with E-state index in [0.29, 0.717) is 6.54 Å². The summed E-state index contributed by atoms with van der Waals surface area (Å²) >= 11 is 0. The van der Waals surface area contributed by atoms with Crippen LogP contribution in [0.15, 0.2) is 0 Å². The Morgan fingerprint density at radius 1 is 1.12 bits per heavy atom. The molecule has 0 saturated carbocycles. The number of nitriles is 1. The van der Waals surface area contributed by atoms with Gasteiger partial charge in [0.05, 0.1) is 12.6 Å². The van der Waals surface area contributed by atoms with Crippen LogP contribution in [0.1, 0.15) is 13.3 Å². The molecular weight excluding hydrogens is 212 g/mol. The Balaban J connectivity index is 3.76. The Bertz CT molecular complexity index is 308. The molecular formula is C9H14N4O3. The maximum absolute atomic E-state index is 11.0. The SMILES string of the molecule is CCCNC(=O)CNC(=O)C(=O)NCC#N. The van der Waals surface area contributed by atoms with E-state index in [1.54, 1.807) is 6.07 Å². The molecule has 7 nitrogen and oxygen atoms in total. The standard InChI is InChI=1S/C9H14N4O3/c1-2-4-11-7(14)6-13-9(16)8(15)12-5-3-10/h2,4-6H2,1H3,(H,11,14)(H,12,15)(H,13,16). The quantitative estimate of drug-likeness (QED) is 0.382. The molecule has 7 heteroatoms. The van der Waals surface area contributed by atoms with E-state index in [1.165, 1.54) is 0 Å². The zero-order chi connectivity index (χ0) is 12.4. The molecule has 3 N–H and O–H groups in total. The van der Waals surface area contributed by atoms with Crippen molar-refractivity contribution in [1.29, 1.82) is 5.26 Å². The monoisotopic (exact) mass is 226 g/mol. The molecule has 0 aliphatic heterocycles. The molecule has 88 valence electrons. The number of carbonyl (C=O) groups is 3. The number of rotatable bonds is 5. The predicted molar refractivity (Wildman–Crippen MR) is 54.9 cm³/mol. The predicted octanol–water partition coefficient (Wildman–Crippen LogP) is -1.73. The molecule has 0 aliphatic rings. The number of hydrogen-bond donors (Lipinski definition) is 3. The molecule has 0 aromatic carbocycles. The molecule has 0 heterocycles. The van der Waals surface area contributed by atoms with Crippen molar-refractivity contribution in [2.75, 3.05) is 19.6 Å². The minimum atomic E-state index is -0.929. The van der Waals surface area contributed by atoms with Gasteiger partial charge in [0.25, 0.3) is 0 Å². The minimum Gasteiger partial charge on any atom is -0.355 e. The highest BCUT2D eigenvalue weighted by Gasteiger charge is 2.13. The summed E-state index contributed by atoms with van der Waals surface area (Å²) in [7, 11) is 0. The molecule has 0 unspecified atom stereocenters. The van der Waals surface area contributed by atoms with Crippen molar-refractivity contribution in [3.8, 4) is 6.07 Å². The van der Waals surface area contributed by atoms with Crippen molar-refractivity contribution >= 4 is 17.7 Å². The third-order valence-corrected chi connectivity index (χ3v) is 1.52. The van der Waals surface area contributed by atoms with Crippen LogP contribution in [-0.4, -0.2) is 37.4 Å². The lowest BCUT2D eigenvalue weighted by Gasteiger charge is -2.05. The Morgan fingerprint density at radius 3 is 2.31 bits per heavy atom. The van der Waals surface area contributed by atoms with Crippen LogP contribution in [0.3, 0.4) is 0 Å². The van der Waals surface area contributed by atoms with Crippen molar-refractivity contribution in [3.05, 3.63) is 0 Å². The molecule has 0 saturated heterocycles. The number of hydrogen-bond acceptors (Lipinski definition) is 4. The van der Waals surface area contributed by atoms with Gasteiger partial charge in [-0.1, -0.05) is 6.92 Å². The third kappa shape index (κ3) is 6.37. The number of amides is 3. The summed E-state index contributed by atoms with van der Waals surface area (Å²) in [5.41, 5.74) is 0. The largest absolute Gasteiger partial charge is 0.355 e. The summed E-state index contributed by atoms with van der Waals surface area (Å²) < 4.78 is 0. The number of nitrogens with one attached hydrogen (secondary N) is 3. The van der Waals surface area contributed by atoms with Gasteiger partial charge < -0.3 is 16.0 Å². The first-order chi connectivity index (χ1) is 7.61. The molecule has 0 aromatic rings. The highest BCUT2D eigenvalue weighted by atomic mass is 16.2. The van der Waals surface area contributed by atoms with Crippen LogP contribution in [0.4, 0.5) is 0 Å². The Labute approximate surface area is 93.2 Å². The molecule has 16 heavy (non-hydrogen) atoms. The van der Waals surface area contributed by atoms with E-state index in [9.17, 15) is 14.4 Å². The Kier molecular flexibility index (Phi) is 7.15. The Morgan fingerprint density at radius 2 is 1.75 bits per heavy atom. The van der Waals surface area contributed by atoms with Gasteiger partial charge in [-0.15, -0.1) is 0 Å². The summed E-state index contributed by atoms with van der Waals surface area (Å²) in [5.74, 6) is -2.21. The van der Waals surface area contributed by atoms with E-state index in [-0.39, 0.29) is 19.0 Å². The molecule has 0 radical (unpaired) electrons. The maximum Gasteiger partial charge on any atom is 0.310 e. The van der Waals surface area contributed by atoms with Crippen LogP contribution in [0, 0.1) is 11.3 Å². The van der Waals surface area contributed by atoms with Gasteiger partial charge in [0, 0.05) is 6.54 Å². The van der Waals surface area contributed by atoms with Crippen LogP contribution >= 0.6 is 0 Å². The zero-order valence-corrected chi connectivity index (χ0v) is 9.00.